The van der Waals surface area contributed by atoms with Gasteiger partial charge in [-0.15, -0.1) is 10.2 Å². The van der Waals surface area contributed by atoms with Crippen molar-refractivity contribution in [3.8, 4) is 0 Å². The number of aryl methyl sites for hydroxylation is 1. The summed E-state index contributed by atoms with van der Waals surface area (Å²) < 4.78 is 5.41. The van der Waals surface area contributed by atoms with Gasteiger partial charge in [0.15, 0.2) is 0 Å². The summed E-state index contributed by atoms with van der Waals surface area (Å²) in [5, 5.41) is 21.4. The third kappa shape index (κ3) is 2.02. The van der Waals surface area contributed by atoms with E-state index < -0.39 is 6.10 Å². The number of hydrogen-bond acceptors (Lipinski definition) is 6. The molecular formula is C8H11N5OS. The summed E-state index contributed by atoms with van der Waals surface area (Å²) in [4.78, 5) is 0.703. The molecule has 0 bridgehead atoms. The van der Waals surface area contributed by atoms with Crippen LogP contribution in [-0.4, -0.2) is 29.7 Å². The summed E-state index contributed by atoms with van der Waals surface area (Å²) in [5.41, 5.74) is 0.683. The lowest BCUT2D eigenvalue weighted by Crippen LogP contribution is -2.09. The van der Waals surface area contributed by atoms with Gasteiger partial charge in [-0.1, -0.05) is 16.6 Å². The molecule has 1 atom stereocenters. The third-order valence-electron chi connectivity index (χ3n) is 2.01. The molecule has 1 N–H and O–H groups in total. The smallest absolute Gasteiger partial charge is 0.135 e. The Morgan fingerprint density at radius 3 is 3.00 bits per heavy atom. The third-order valence-corrected chi connectivity index (χ3v) is 2.73. The molecule has 0 aliphatic rings. The van der Waals surface area contributed by atoms with Gasteiger partial charge in [0.05, 0.1) is 23.0 Å². The first-order chi connectivity index (χ1) is 7.33. The van der Waals surface area contributed by atoms with Crippen LogP contribution in [0.15, 0.2) is 12.4 Å². The van der Waals surface area contributed by atoms with Gasteiger partial charge in [0.25, 0.3) is 0 Å². The lowest BCUT2D eigenvalue weighted by Gasteiger charge is -2.08. The first-order valence-electron chi connectivity index (χ1n) is 4.66. The van der Waals surface area contributed by atoms with Crippen molar-refractivity contribution in [2.45, 2.75) is 26.0 Å². The quantitative estimate of drug-likeness (QED) is 0.825. The Hall–Kier alpha value is -1.34. The summed E-state index contributed by atoms with van der Waals surface area (Å²) in [7, 11) is 0. The molecule has 80 valence electrons. The van der Waals surface area contributed by atoms with Crippen LogP contribution in [0.5, 0.6) is 0 Å². The molecule has 0 fully saturated rings. The van der Waals surface area contributed by atoms with Gasteiger partial charge in [0.2, 0.25) is 0 Å². The SMILES string of the molecule is CCCn1nncc1C(O)c1cnns1. The van der Waals surface area contributed by atoms with Crippen LogP contribution in [0.25, 0.3) is 0 Å². The van der Waals surface area contributed by atoms with Crippen molar-refractivity contribution in [2.75, 3.05) is 0 Å². The fourth-order valence-electron chi connectivity index (χ4n) is 1.30. The average molecular weight is 225 g/mol. The van der Waals surface area contributed by atoms with Crippen molar-refractivity contribution in [3.05, 3.63) is 23.0 Å². The molecule has 0 aromatic carbocycles. The second kappa shape index (κ2) is 4.45. The minimum atomic E-state index is -0.730. The van der Waals surface area contributed by atoms with Crippen LogP contribution >= 0.6 is 11.5 Å². The fraction of sp³-hybridized carbons (Fsp3) is 0.500. The van der Waals surface area contributed by atoms with Crippen LogP contribution in [0.3, 0.4) is 0 Å². The highest BCUT2D eigenvalue weighted by molar-refractivity contribution is 7.05. The Kier molecular flexibility index (Phi) is 3.02. The maximum Gasteiger partial charge on any atom is 0.135 e. The van der Waals surface area contributed by atoms with Crippen molar-refractivity contribution in [1.29, 1.82) is 0 Å². The van der Waals surface area contributed by atoms with Crippen molar-refractivity contribution >= 4 is 11.5 Å². The zero-order chi connectivity index (χ0) is 10.7. The molecule has 0 radical (unpaired) electrons. The van der Waals surface area contributed by atoms with Crippen LogP contribution in [0, 0.1) is 0 Å². The zero-order valence-electron chi connectivity index (χ0n) is 8.24. The number of aromatic nitrogens is 5. The van der Waals surface area contributed by atoms with Gasteiger partial charge >= 0.3 is 0 Å². The van der Waals surface area contributed by atoms with Crippen LogP contribution < -0.4 is 0 Å². The topological polar surface area (TPSA) is 76.7 Å². The van der Waals surface area contributed by atoms with Crippen molar-refractivity contribution in [3.63, 3.8) is 0 Å². The zero-order valence-corrected chi connectivity index (χ0v) is 9.05. The molecule has 0 aliphatic carbocycles. The molecule has 0 spiro atoms. The Morgan fingerprint density at radius 1 is 1.47 bits per heavy atom. The van der Waals surface area contributed by atoms with Crippen LogP contribution in [0.1, 0.15) is 30.0 Å². The molecule has 0 amide bonds. The van der Waals surface area contributed by atoms with Crippen molar-refractivity contribution in [2.24, 2.45) is 0 Å². The van der Waals surface area contributed by atoms with E-state index in [9.17, 15) is 5.11 Å². The summed E-state index contributed by atoms with van der Waals surface area (Å²) in [5.74, 6) is 0. The van der Waals surface area contributed by atoms with E-state index in [1.54, 1.807) is 17.1 Å². The van der Waals surface area contributed by atoms with E-state index in [1.165, 1.54) is 11.5 Å². The Balaban J connectivity index is 2.25. The molecular weight excluding hydrogens is 214 g/mol. The molecule has 0 saturated heterocycles. The van der Waals surface area contributed by atoms with Gasteiger partial charge in [0, 0.05) is 6.54 Å². The Labute approximate surface area is 90.7 Å². The lowest BCUT2D eigenvalue weighted by atomic mass is 10.2. The monoisotopic (exact) mass is 225 g/mol. The number of nitrogens with zero attached hydrogens (tertiary/aromatic N) is 5. The van der Waals surface area contributed by atoms with E-state index in [4.69, 9.17) is 0 Å². The fourth-order valence-corrected chi connectivity index (χ4v) is 1.81. The first-order valence-corrected chi connectivity index (χ1v) is 5.44. The standard InChI is InChI=1S/C8H11N5OS/c1-2-3-13-6(4-9-11-13)8(14)7-5-10-12-15-7/h4-5,8,14H,2-3H2,1H3. The Morgan fingerprint density at radius 2 is 2.33 bits per heavy atom. The maximum atomic E-state index is 10.0. The lowest BCUT2D eigenvalue weighted by molar-refractivity contribution is 0.211. The molecule has 2 aromatic rings. The molecule has 2 aromatic heterocycles. The molecule has 0 aliphatic heterocycles. The molecule has 0 saturated carbocycles. The summed E-state index contributed by atoms with van der Waals surface area (Å²) in [6.07, 6.45) is 3.34. The number of hydrogen-bond donors (Lipinski definition) is 1. The molecule has 15 heavy (non-hydrogen) atoms. The highest BCUT2D eigenvalue weighted by Gasteiger charge is 2.17. The van der Waals surface area contributed by atoms with E-state index in [2.05, 4.69) is 19.9 Å². The van der Waals surface area contributed by atoms with E-state index in [-0.39, 0.29) is 0 Å². The minimum Gasteiger partial charge on any atom is -0.381 e. The van der Waals surface area contributed by atoms with Crippen LogP contribution in [-0.2, 0) is 6.54 Å². The highest BCUT2D eigenvalue weighted by Crippen LogP contribution is 2.22. The van der Waals surface area contributed by atoms with Gasteiger partial charge in [-0.05, 0) is 18.0 Å². The van der Waals surface area contributed by atoms with E-state index >= 15 is 0 Å². The molecule has 2 heterocycles. The molecule has 6 nitrogen and oxygen atoms in total. The van der Waals surface area contributed by atoms with Gasteiger partial charge in [0.1, 0.15) is 6.10 Å². The van der Waals surface area contributed by atoms with Gasteiger partial charge in [-0.3, -0.25) is 0 Å². The predicted octanol–water partition coefficient (Wildman–Crippen LogP) is 0.621. The van der Waals surface area contributed by atoms with Crippen molar-refractivity contribution < 1.29 is 5.11 Å². The predicted molar refractivity (Wildman–Crippen MR) is 54.3 cm³/mol. The number of rotatable bonds is 4. The first kappa shape index (κ1) is 10.2. The second-order valence-electron chi connectivity index (χ2n) is 3.10. The van der Waals surface area contributed by atoms with Gasteiger partial charge in [-0.25, -0.2) is 4.68 Å². The van der Waals surface area contributed by atoms with Gasteiger partial charge < -0.3 is 5.11 Å². The van der Waals surface area contributed by atoms with E-state index in [0.717, 1.165) is 13.0 Å². The summed E-state index contributed by atoms with van der Waals surface area (Å²) in [6.45, 7) is 2.80. The van der Waals surface area contributed by atoms with Crippen molar-refractivity contribution in [1.82, 2.24) is 24.6 Å². The van der Waals surface area contributed by atoms with E-state index in [0.29, 0.717) is 10.6 Å². The number of aliphatic hydroxyl groups is 1. The molecule has 1 unspecified atom stereocenters. The second-order valence-corrected chi connectivity index (χ2v) is 3.92. The molecule has 2 rings (SSSR count). The van der Waals surface area contributed by atoms with Crippen LogP contribution in [0.4, 0.5) is 0 Å². The summed E-state index contributed by atoms with van der Waals surface area (Å²) in [6, 6.07) is 0. The van der Waals surface area contributed by atoms with E-state index in [1.807, 2.05) is 6.92 Å². The maximum absolute atomic E-state index is 10.0. The highest BCUT2D eigenvalue weighted by atomic mass is 32.1. The average Bonchev–Trinajstić information content (AvgIpc) is 2.87. The van der Waals surface area contributed by atoms with Crippen LogP contribution in [0.2, 0.25) is 0 Å². The number of aliphatic hydroxyl groups excluding tert-OH is 1. The largest absolute Gasteiger partial charge is 0.381 e. The summed E-state index contributed by atoms with van der Waals surface area (Å²) >= 11 is 1.18. The Bertz CT molecular complexity index is 412. The van der Waals surface area contributed by atoms with Gasteiger partial charge in [-0.2, -0.15) is 0 Å². The molecule has 7 heteroatoms. The normalized spacial score (nSPS) is 12.9. The minimum absolute atomic E-state index is 0.683.